The number of ketones is 1. The van der Waals surface area contributed by atoms with Gasteiger partial charge in [0.05, 0.1) is 15.5 Å². The molecule has 0 fully saturated rings. The number of rotatable bonds is 4. The van der Waals surface area contributed by atoms with Gasteiger partial charge in [-0.3, -0.25) is 19.7 Å². The second-order valence-corrected chi connectivity index (χ2v) is 6.52. The molecular weight excluding hydrogens is 358 g/mol. The van der Waals surface area contributed by atoms with E-state index < -0.39 is 4.92 Å². The molecule has 10 heteroatoms. The maximum absolute atomic E-state index is 12.5. The predicted octanol–water partition coefficient (Wildman–Crippen LogP) is 2.30. The highest BCUT2D eigenvalue weighted by molar-refractivity contribution is 8.04. The number of fused-ring (bicyclic) bond motifs is 1. The maximum Gasteiger partial charge on any atom is 0.270 e. The molecule has 0 aliphatic carbocycles. The third-order valence-electron chi connectivity index (χ3n) is 3.76. The Hall–Kier alpha value is -3.01. The summed E-state index contributed by atoms with van der Waals surface area (Å²) in [5, 5.41) is 21.0. The molecule has 1 aliphatic rings. The summed E-state index contributed by atoms with van der Waals surface area (Å²) in [4.78, 5) is 35.6. The van der Waals surface area contributed by atoms with E-state index in [0.29, 0.717) is 28.7 Å². The molecule has 0 unspecified atom stereocenters. The van der Waals surface area contributed by atoms with Gasteiger partial charge >= 0.3 is 0 Å². The third kappa shape index (κ3) is 2.88. The number of hydrogen-bond acceptors (Lipinski definition) is 7. The Morgan fingerprint density at radius 3 is 2.58 bits per heavy atom. The lowest BCUT2D eigenvalue weighted by Gasteiger charge is -2.32. The van der Waals surface area contributed by atoms with E-state index in [1.54, 1.807) is 10.7 Å². The fourth-order valence-corrected chi connectivity index (χ4v) is 3.66. The van der Waals surface area contributed by atoms with Gasteiger partial charge in [-0.2, -0.15) is 0 Å². The van der Waals surface area contributed by atoms with Crippen LogP contribution in [0.5, 0.6) is 0 Å². The minimum atomic E-state index is -0.521. The summed E-state index contributed by atoms with van der Waals surface area (Å²) in [6.07, 6.45) is 0.523. The van der Waals surface area contributed by atoms with Crippen molar-refractivity contribution in [2.75, 3.05) is 5.01 Å². The fourth-order valence-electron chi connectivity index (χ4n) is 2.67. The van der Waals surface area contributed by atoms with Crippen molar-refractivity contribution in [1.29, 1.82) is 0 Å². The molecule has 1 aromatic heterocycles. The molecule has 1 amide bonds. The first-order valence-electron chi connectivity index (χ1n) is 7.78. The Bertz CT molecular complexity index is 965. The van der Waals surface area contributed by atoms with Crippen LogP contribution in [0.2, 0.25) is 0 Å². The van der Waals surface area contributed by atoms with E-state index in [-0.39, 0.29) is 22.3 Å². The van der Waals surface area contributed by atoms with Crippen LogP contribution in [0.15, 0.2) is 34.3 Å². The van der Waals surface area contributed by atoms with Gasteiger partial charge in [0.25, 0.3) is 5.69 Å². The molecule has 0 saturated carbocycles. The van der Waals surface area contributed by atoms with E-state index in [1.165, 1.54) is 37.1 Å². The molecule has 0 radical (unpaired) electrons. The Morgan fingerprint density at radius 1 is 1.27 bits per heavy atom. The number of non-ortho nitro benzene ring substituents is 1. The number of carbonyl (C=O) groups is 2. The van der Waals surface area contributed by atoms with Crippen molar-refractivity contribution in [3.8, 4) is 0 Å². The van der Waals surface area contributed by atoms with Gasteiger partial charge in [0, 0.05) is 31.0 Å². The summed E-state index contributed by atoms with van der Waals surface area (Å²) in [6.45, 7) is 4.61. The quantitative estimate of drug-likeness (QED) is 0.597. The normalized spacial score (nSPS) is 13.6. The van der Waals surface area contributed by atoms with E-state index in [1.807, 2.05) is 6.92 Å². The number of amides is 1. The number of allylic oxidation sites excluding steroid dienone is 1. The van der Waals surface area contributed by atoms with E-state index >= 15 is 0 Å². The van der Waals surface area contributed by atoms with Gasteiger partial charge < -0.3 is 0 Å². The highest BCUT2D eigenvalue weighted by Gasteiger charge is 2.34. The Labute approximate surface area is 152 Å². The van der Waals surface area contributed by atoms with Gasteiger partial charge in [0.2, 0.25) is 11.1 Å². The number of benzene rings is 1. The highest BCUT2D eigenvalue weighted by Crippen LogP contribution is 2.40. The molecule has 1 aromatic carbocycles. The van der Waals surface area contributed by atoms with Crippen LogP contribution in [0.1, 0.15) is 32.2 Å². The molecule has 134 valence electrons. The highest BCUT2D eigenvalue weighted by atomic mass is 32.2. The van der Waals surface area contributed by atoms with Crippen molar-refractivity contribution in [3.63, 3.8) is 0 Å². The zero-order valence-corrected chi connectivity index (χ0v) is 15.1. The van der Waals surface area contributed by atoms with Crippen LogP contribution in [0.4, 0.5) is 5.69 Å². The molecular formula is C16H15N5O4S. The first-order valence-corrected chi connectivity index (χ1v) is 8.60. The molecule has 0 N–H and O–H groups in total. The SMILES string of the molecule is CCc1nnc2n1N(C(C)=O)C(c1cccc([N+](=O)[O-])c1)=C(C(C)=O)S2. The number of aromatic nitrogens is 3. The number of carbonyl (C=O) groups excluding carboxylic acids is 2. The van der Waals surface area contributed by atoms with Crippen molar-refractivity contribution in [2.24, 2.45) is 0 Å². The van der Waals surface area contributed by atoms with Gasteiger partial charge in [-0.25, -0.2) is 9.69 Å². The maximum atomic E-state index is 12.5. The molecule has 0 atom stereocenters. The smallest absolute Gasteiger partial charge is 0.270 e. The monoisotopic (exact) mass is 373 g/mol. The molecule has 26 heavy (non-hydrogen) atoms. The van der Waals surface area contributed by atoms with E-state index in [2.05, 4.69) is 10.2 Å². The van der Waals surface area contributed by atoms with Gasteiger partial charge in [0.1, 0.15) is 0 Å². The van der Waals surface area contributed by atoms with Crippen molar-refractivity contribution < 1.29 is 14.5 Å². The molecule has 2 aromatic rings. The number of nitro groups is 1. The molecule has 0 saturated heterocycles. The Morgan fingerprint density at radius 2 is 2.00 bits per heavy atom. The van der Waals surface area contributed by atoms with Crippen molar-refractivity contribution in [2.45, 2.75) is 32.3 Å². The molecule has 0 spiro atoms. The van der Waals surface area contributed by atoms with Crippen LogP contribution < -0.4 is 5.01 Å². The predicted molar refractivity (Wildman–Crippen MR) is 94.9 cm³/mol. The number of nitro benzene ring substituents is 1. The van der Waals surface area contributed by atoms with E-state index in [0.717, 1.165) is 11.8 Å². The van der Waals surface area contributed by atoms with Crippen LogP contribution in [0.3, 0.4) is 0 Å². The minimum Gasteiger partial charge on any atom is -0.294 e. The van der Waals surface area contributed by atoms with Crippen LogP contribution in [-0.4, -0.2) is 31.5 Å². The zero-order chi connectivity index (χ0) is 19.0. The number of Topliss-reactive ketones (excluding diaryl/α,β-unsaturated/α-hetero) is 1. The zero-order valence-electron chi connectivity index (χ0n) is 14.3. The summed E-state index contributed by atoms with van der Waals surface area (Å²) in [7, 11) is 0. The number of hydrogen-bond donors (Lipinski definition) is 0. The standard InChI is InChI=1S/C16H15N5O4S/c1-4-13-17-18-16-20(13)19(10(3)23)14(15(26-16)9(2)22)11-6-5-7-12(8-11)21(24)25/h5-8H,4H2,1-3H3. The second-order valence-electron chi connectivity index (χ2n) is 5.54. The summed E-state index contributed by atoms with van der Waals surface area (Å²) < 4.78 is 1.55. The summed E-state index contributed by atoms with van der Waals surface area (Å²) in [5.74, 6) is -0.0791. The molecule has 1 aliphatic heterocycles. The Kier molecular flexibility index (Phi) is 4.60. The number of aryl methyl sites for hydroxylation is 1. The van der Waals surface area contributed by atoms with Gasteiger partial charge in [-0.1, -0.05) is 19.1 Å². The topological polar surface area (TPSA) is 111 Å². The van der Waals surface area contributed by atoms with Gasteiger partial charge in [-0.15, -0.1) is 10.2 Å². The lowest BCUT2D eigenvalue weighted by atomic mass is 10.1. The Balaban J connectivity index is 2.30. The molecule has 9 nitrogen and oxygen atoms in total. The average molecular weight is 373 g/mol. The molecule has 0 bridgehead atoms. The van der Waals surface area contributed by atoms with Gasteiger partial charge in [0.15, 0.2) is 11.6 Å². The average Bonchev–Trinajstić information content (AvgIpc) is 3.02. The fraction of sp³-hybridized carbons (Fsp3) is 0.250. The first kappa shape index (κ1) is 17.8. The lowest BCUT2D eigenvalue weighted by Crippen LogP contribution is -2.41. The largest absolute Gasteiger partial charge is 0.294 e. The summed E-state index contributed by atoms with van der Waals surface area (Å²) in [5.41, 5.74) is 0.561. The van der Waals surface area contributed by atoms with E-state index in [4.69, 9.17) is 0 Å². The number of thioether (sulfide) groups is 1. The summed E-state index contributed by atoms with van der Waals surface area (Å²) >= 11 is 1.10. The minimum absolute atomic E-state index is 0.128. The van der Waals surface area contributed by atoms with Crippen LogP contribution >= 0.6 is 11.8 Å². The van der Waals surface area contributed by atoms with Crippen LogP contribution in [0.25, 0.3) is 5.70 Å². The molecule has 3 rings (SSSR count). The van der Waals surface area contributed by atoms with Crippen molar-refractivity contribution in [3.05, 3.63) is 50.7 Å². The summed E-state index contributed by atoms with van der Waals surface area (Å²) in [6, 6.07) is 5.84. The molecule has 2 heterocycles. The number of nitrogens with zero attached hydrogens (tertiary/aromatic N) is 5. The third-order valence-corrected chi connectivity index (χ3v) is 4.88. The van der Waals surface area contributed by atoms with Crippen LogP contribution in [-0.2, 0) is 16.0 Å². The van der Waals surface area contributed by atoms with Crippen molar-refractivity contribution >= 4 is 34.8 Å². The van der Waals surface area contributed by atoms with Crippen LogP contribution in [0, 0.1) is 10.1 Å². The lowest BCUT2D eigenvalue weighted by molar-refractivity contribution is -0.384. The van der Waals surface area contributed by atoms with Gasteiger partial charge in [-0.05, 0) is 18.7 Å². The van der Waals surface area contributed by atoms with Crippen molar-refractivity contribution in [1.82, 2.24) is 14.9 Å². The second kappa shape index (κ2) is 6.71. The first-order chi connectivity index (χ1) is 12.3. The van der Waals surface area contributed by atoms with E-state index in [9.17, 15) is 19.7 Å².